The summed E-state index contributed by atoms with van der Waals surface area (Å²) >= 11 is 9.55. The highest BCUT2D eigenvalue weighted by Crippen LogP contribution is 2.34. The van der Waals surface area contributed by atoms with Crippen LogP contribution in [0.1, 0.15) is 19.7 Å². The highest BCUT2D eigenvalue weighted by molar-refractivity contribution is 9.10. The van der Waals surface area contributed by atoms with E-state index in [4.69, 9.17) is 17.3 Å². The Morgan fingerprint density at radius 1 is 1.39 bits per heavy atom. The van der Waals surface area contributed by atoms with Crippen molar-refractivity contribution in [2.24, 2.45) is 0 Å². The fraction of sp³-hybridized carbons (Fsp3) is 0.308. The van der Waals surface area contributed by atoms with Gasteiger partial charge in [-0.05, 0) is 25.1 Å². The zero-order valence-corrected chi connectivity index (χ0v) is 12.7. The number of imidazole rings is 1. The molecule has 5 heteroatoms. The Morgan fingerprint density at radius 3 is 2.67 bits per heavy atom. The predicted molar refractivity (Wildman–Crippen MR) is 79.8 cm³/mol. The minimum atomic E-state index is 0.677. The number of hydrogen-bond acceptors (Lipinski definition) is 2. The summed E-state index contributed by atoms with van der Waals surface area (Å²) in [6.45, 7) is 4.96. The monoisotopic (exact) mass is 327 g/mol. The van der Waals surface area contributed by atoms with Gasteiger partial charge in [-0.25, -0.2) is 4.98 Å². The normalized spacial score (nSPS) is 10.9. The van der Waals surface area contributed by atoms with E-state index in [2.05, 4.69) is 34.8 Å². The number of nitrogens with zero attached hydrogens (tertiary/aromatic N) is 2. The number of rotatable bonds is 3. The van der Waals surface area contributed by atoms with Gasteiger partial charge in [0.2, 0.25) is 0 Å². The van der Waals surface area contributed by atoms with Crippen LogP contribution in [0.3, 0.4) is 0 Å². The Kier molecular flexibility index (Phi) is 3.97. The molecule has 0 aliphatic carbocycles. The second kappa shape index (κ2) is 5.33. The molecule has 0 bridgehead atoms. The number of benzene rings is 1. The highest BCUT2D eigenvalue weighted by atomic mass is 79.9. The van der Waals surface area contributed by atoms with Crippen LogP contribution < -0.4 is 5.73 Å². The molecule has 0 atom stereocenters. The summed E-state index contributed by atoms with van der Waals surface area (Å²) < 4.78 is 2.98. The molecule has 1 heterocycles. The first-order valence-corrected chi connectivity index (χ1v) is 7.05. The number of halogens is 2. The van der Waals surface area contributed by atoms with Gasteiger partial charge in [0.05, 0.1) is 0 Å². The highest BCUT2D eigenvalue weighted by Gasteiger charge is 2.16. The Morgan fingerprint density at radius 2 is 2.11 bits per heavy atom. The summed E-state index contributed by atoms with van der Waals surface area (Å²) in [5.41, 5.74) is 7.90. The smallest absolute Gasteiger partial charge is 0.131 e. The third kappa shape index (κ3) is 2.27. The van der Waals surface area contributed by atoms with Crippen LogP contribution in [0.5, 0.6) is 0 Å². The van der Waals surface area contributed by atoms with Crippen molar-refractivity contribution in [1.82, 2.24) is 9.55 Å². The van der Waals surface area contributed by atoms with Gasteiger partial charge in [-0.15, -0.1) is 0 Å². The van der Waals surface area contributed by atoms with E-state index in [-0.39, 0.29) is 0 Å². The number of hydrogen-bond donors (Lipinski definition) is 1. The third-order valence-corrected chi connectivity index (χ3v) is 3.83. The molecule has 0 saturated carbocycles. The van der Waals surface area contributed by atoms with Crippen LogP contribution in [-0.4, -0.2) is 9.55 Å². The number of nitrogens with two attached hydrogens (primary N) is 1. The van der Waals surface area contributed by atoms with Crippen molar-refractivity contribution in [2.45, 2.75) is 26.8 Å². The molecule has 0 aliphatic rings. The molecule has 96 valence electrons. The molecule has 0 saturated heterocycles. The van der Waals surface area contributed by atoms with Gasteiger partial charge in [-0.1, -0.05) is 34.5 Å². The molecule has 0 amide bonds. The van der Waals surface area contributed by atoms with Gasteiger partial charge in [-0.3, -0.25) is 0 Å². The van der Waals surface area contributed by atoms with E-state index in [1.54, 1.807) is 0 Å². The lowest BCUT2D eigenvalue weighted by atomic mass is 10.1. The fourth-order valence-electron chi connectivity index (χ4n) is 2.01. The summed E-state index contributed by atoms with van der Waals surface area (Å²) in [7, 11) is 0. The lowest BCUT2D eigenvalue weighted by Crippen LogP contribution is -2.04. The maximum atomic E-state index is 6.18. The molecule has 2 aromatic rings. The standard InChI is InChI=1S/C13H15BrClN3/c1-3-11-17-12(13(16)18(11)4-2)9-7-8(15)5-6-10(9)14/h5-7H,3-4,16H2,1-2H3. The van der Waals surface area contributed by atoms with E-state index in [0.29, 0.717) is 10.8 Å². The molecule has 2 N–H and O–H groups in total. The summed E-state index contributed by atoms with van der Waals surface area (Å²) in [6.07, 6.45) is 0.857. The first kappa shape index (κ1) is 13.4. The molecule has 18 heavy (non-hydrogen) atoms. The summed E-state index contributed by atoms with van der Waals surface area (Å²) in [5.74, 6) is 1.69. The third-order valence-electron chi connectivity index (χ3n) is 2.90. The molecule has 0 aliphatic heterocycles. The quantitative estimate of drug-likeness (QED) is 0.920. The van der Waals surface area contributed by atoms with Gasteiger partial charge >= 0.3 is 0 Å². The van der Waals surface area contributed by atoms with Gasteiger partial charge in [0.25, 0.3) is 0 Å². The first-order valence-electron chi connectivity index (χ1n) is 5.88. The van der Waals surface area contributed by atoms with Gasteiger partial charge < -0.3 is 10.3 Å². The minimum absolute atomic E-state index is 0.677. The Bertz CT molecular complexity index is 578. The lowest BCUT2D eigenvalue weighted by Gasteiger charge is -2.06. The largest absolute Gasteiger partial charge is 0.383 e. The van der Waals surface area contributed by atoms with Crippen molar-refractivity contribution in [3.8, 4) is 11.3 Å². The topological polar surface area (TPSA) is 43.8 Å². The molecule has 1 aromatic carbocycles. The maximum Gasteiger partial charge on any atom is 0.131 e. The maximum absolute atomic E-state index is 6.18. The molecule has 0 fully saturated rings. The van der Waals surface area contributed by atoms with E-state index in [1.807, 2.05) is 22.8 Å². The van der Waals surface area contributed by atoms with E-state index >= 15 is 0 Å². The van der Waals surface area contributed by atoms with Gasteiger partial charge in [0, 0.05) is 28.0 Å². The molecule has 0 radical (unpaired) electrons. The van der Waals surface area contributed by atoms with Crippen molar-refractivity contribution in [3.63, 3.8) is 0 Å². The van der Waals surface area contributed by atoms with Crippen LogP contribution in [0, 0.1) is 0 Å². The average Bonchev–Trinajstić information content (AvgIpc) is 2.68. The predicted octanol–water partition coefficient (Wildman–Crippen LogP) is 4.13. The molecular weight excluding hydrogens is 314 g/mol. The van der Waals surface area contributed by atoms with Gasteiger partial charge in [-0.2, -0.15) is 0 Å². The number of aromatic nitrogens is 2. The van der Waals surface area contributed by atoms with E-state index in [0.717, 1.165) is 34.5 Å². The molecule has 2 rings (SSSR count). The van der Waals surface area contributed by atoms with E-state index in [9.17, 15) is 0 Å². The first-order chi connectivity index (χ1) is 8.58. The zero-order chi connectivity index (χ0) is 13.3. The van der Waals surface area contributed by atoms with E-state index in [1.165, 1.54) is 0 Å². The molecular formula is C13H15BrClN3. The number of nitrogen functional groups attached to an aromatic ring is 1. The van der Waals surface area contributed by atoms with Crippen molar-refractivity contribution in [1.29, 1.82) is 0 Å². The molecule has 0 unspecified atom stereocenters. The molecule has 3 nitrogen and oxygen atoms in total. The van der Waals surface area contributed by atoms with Crippen molar-refractivity contribution in [2.75, 3.05) is 5.73 Å². The van der Waals surface area contributed by atoms with Crippen molar-refractivity contribution in [3.05, 3.63) is 33.5 Å². The molecule has 0 spiro atoms. The minimum Gasteiger partial charge on any atom is -0.383 e. The summed E-state index contributed by atoms with van der Waals surface area (Å²) in [6, 6.07) is 5.63. The number of anilines is 1. The Labute approximate surface area is 120 Å². The van der Waals surface area contributed by atoms with Crippen LogP contribution in [0.15, 0.2) is 22.7 Å². The van der Waals surface area contributed by atoms with Crippen LogP contribution in [0.4, 0.5) is 5.82 Å². The van der Waals surface area contributed by atoms with Crippen LogP contribution in [0.2, 0.25) is 5.02 Å². The SMILES string of the molecule is CCc1nc(-c2cc(Cl)ccc2Br)c(N)n1CC. The van der Waals surface area contributed by atoms with Crippen molar-refractivity contribution < 1.29 is 0 Å². The van der Waals surface area contributed by atoms with Crippen LogP contribution in [0.25, 0.3) is 11.3 Å². The average molecular weight is 329 g/mol. The Hall–Kier alpha value is -1.00. The molecule has 1 aromatic heterocycles. The van der Waals surface area contributed by atoms with E-state index < -0.39 is 0 Å². The van der Waals surface area contributed by atoms with Crippen LogP contribution >= 0.6 is 27.5 Å². The van der Waals surface area contributed by atoms with Gasteiger partial charge in [0.15, 0.2) is 0 Å². The second-order valence-corrected chi connectivity index (χ2v) is 5.27. The summed E-state index contributed by atoms with van der Waals surface area (Å²) in [4.78, 5) is 4.62. The van der Waals surface area contributed by atoms with Crippen molar-refractivity contribution >= 4 is 33.3 Å². The Balaban J connectivity index is 2.64. The summed E-state index contributed by atoms with van der Waals surface area (Å²) in [5, 5.41) is 0.677. The zero-order valence-electron chi connectivity index (χ0n) is 10.4. The number of aryl methyl sites for hydroxylation is 1. The second-order valence-electron chi connectivity index (χ2n) is 3.98. The lowest BCUT2D eigenvalue weighted by molar-refractivity contribution is 0.713. The fourth-order valence-corrected chi connectivity index (χ4v) is 2.62. The van der Waals surface area contributed by atoms with Crippen LogP contribution in [-0.2, 0) is 13.0 Å². The van der Waals surface area contributed by atoms with Gasteiger partial charge in [0.1, 0.15) is 17.3 Å².